The van der Waals surface area contributed by atoms with Crippen LogP contribution in [0.2, 0.25) is 0 Å². The quantitative estimate of drug-likeness (QED) is 0.943. The molecule has 0 unspecified atom stereocenters. The van der Waals surface area contributed by atoms with Gasteiger partial charge in [0.2, 0.25) is 0 Å². The van der Waals surface area contributed by atoms with Gasteiger partial charge in [-0.3, -0.25) is 4.98 Å². The smallest absolute Gasteiger partial charge is 0.130 e. The summed E-state index contributed by atoms with van der Waals surface area (Å²) in [6.45, 7) is 0.952. The minimum Gasteiger partial charge on any atom is -0.487 e. The van der Waals surface area contributed by atoms with Gasteiger partial charge in [0.05, 0.1) is 5.69 Å². The molecule has 0 aliphatic rings. The molecule has 0 fully saturated rings. The highest BCUT2D eigenvalue weighted by Gasteiger charge is 2.01. The Morgan fingerprint density at radius 1 is 1.24 bits per heavy atom. The average Bonchev–Trinajstić information content (AvgIpc) is 2.39. The molecule has 2 aromatic rings. The first-order valence-electron chi connectivity index (χ1n) is 5.31. The summed E-state index contributed by atoms with van der Waals surface area (Å²) >= 11 is 3.44. The van der Waals surface area contributed by atoms with E-state index in [-0.39, 0.29) is 0 Å². The molecule has 1 aromatic carbocycles. The second-order valence-electron chi connectivity index (χ2n) is 3.57. The minimum absolute atomic E-state index is 0.465. The van der Waals surface area contributed by atoms with Crippen LogP contribution in [-0.4, -0.2) is 4.98 Å². The van der Waals surface area contributed by atoms with Gasteiger partial charge in [0, 0.05) is 17.2 Å². The van der Waals surface area contributed by atoms with E-state index in [1.807, 2.05) is 36.4 Å². The standard InChI is InChI=1S/C13H13BrN2O/c14-13-5-4-12(7-10(13)8-15)17-9-11-3-1-2-6-16-11/h1-7H,8-9,15H2. The molecule has 4 heteroatoms. The highest BCUT2D eigenvalue weighted by atomic mass is 79.9. The van der Waals surface area contributed by atoms with Gasteiger partial charge in [0.25, 0.3) is 0 Å². The van der Waals surface area contributed by atoms with Crippen LogP contribution in [0.5, 0.6) is 5.75 Å². The lowest BCUT2D eigenvalue weighted by Crippen LogP contribution is -2.00. The first kappa shape index (κ1) is 12.1. The van der Waals surface area contributed by atoms with Crippen molar-refractivity contribution in [3.63, 3.8) is 0 Å². The average molecular weight is 293 g/mol. The van der Waals surface area contributed by atoms with Gasteiger partial charge in [0.1, 0.15) is 12.4 Å². The lowest BCUT2D eigenvalue weighted by molar-refractivity contribution is 0.301. The molecular formula is C13H13BrN2O. The summed E-state index contributed by atoms with van der Waals surface area (Å²) in [5.41, 5.74) is 7.57. The van der Waals surface area contributed by atoms with Crippen molar-refractivity contribution in [2.45, 2.75) is 13.2 Å². The number of nitrogens with two attached hydrogens (primary N) is 1. The van der Waals surface area contributed by atoms with Crippen LogP contribution in [-0.2, 0) is 13.2 Å². The first-order valence-corrected chi connectivity index (χ1v) is 6.10. The van der Waals surface area contributed by atoms with E-state index in [0.29, 0.717) is 13.2 Å². The van der Waals surface area contributed by atoms with Crippen molar-refractivity contribution in [1.29, 1.82) is 0 Å². The molecule has 0 saturated heterocycles. The lowest BCUT2D eigenvalue weighted by Gasteiger charge is -2.08. The Kier molecular flexibility index (Phi) is 4.12. The van der Waals surface area contributed by atoms with Crippen LogP contribution in [0.15, 0.2) is 47.1 Å². The van der Waals surface area contributed by atoms with E-state index in [0.717, 1.165) is 21.5 Å². The van der Waals surface area contributed by atoms with Crippen molar-refractivity contribution >= 4 is 15.9 Å². The van der Waals surface area contributed by atoms with Gasteiger partial charge in [-0.2, -0.15) is 0 Å². The molecule has 88 valence electrons. The number of benzene rings is 1. The molecule has 0 aliphatic carbocycles. The highest BCUT2D eigenvalue weighted by Crippen LogP contribution is 2.22. The van der Waals surface area contributed by atoms with E-state index in [4.69, 9.17) is 10.5 Å². The summed E-state index contributed by atoms with van der Waals surface area (Å²) in [4.78, 5) is 4.19. The van der Waals surface area contributed by atoms with Crippen molar-refractivity contribution < 1.29 is 4.74 Å². The molecular weight excluding hydrogens is 280 g/mol. The second kappa shape index (κ2) is 5.80. The Bertz CT molecular complexity index is 488. The molecule has 0 bridgehead atoms. The topological polar surface area (TPSA) is 48.1 Å². The maximum absolute atomic E-state index is 5.65. The highest BCUT2D eigenvalue weighted by molar-refractivity contribution is 9.10. The Hall–Kier alpha value is -1.39. The Labute approximate surface area is 109 Å². The minimum atomic E-state index is 0.465. The molecule has 1 aromatic heterocycles. The van der Waals surface area contributed by atoms with Crippen LogP contribution in [0.25, 0.3) is 0 Å². The summed E-state index contributed by atoms with van der Waals surface area (Å²) in [7, 11) is 0. The molecule has 0 aliphatic heterocycles. The third-order valence-electron chi connectivity index (χ3n) is 2.35. The maximum Gasteiger partial charge on any atom is 0.130 e. The summed E-state index contributed by atoms with van der Waals surface area (Å²) in [6.07, 6.45) is 1.76. The van der Waals surface area contributed by atoms with E-state index in [2.05, 4.69) is 20.9 Å². The van der Waals surface area contributed by atoms with E-state index in [1.165, 1.54) is 0 Å². The van der Waals surface area contributed by atoms with Gasteiger partial charge in [-0.1, -0.05) is 22.0 Å². The van der Waals surface area contributed by atoms with Crippen LogP contribution in [0.4, 0.5) is 0 Å². The van der Waals surface area contributed by atoms with Gasteiger partial charge in [-0.25, -0.2) is 0 Å². The van der Waals surface area contributed by atoms with Crippen molar-refractivity contribution in [3.05, 3.63) is 58.3 Å². The number of rotatable bonds is 4. The van der Waals surface area contributed by atoms with Crippen LogP contribution in [0.1, 0.15) is 11.3 Å². The van der Waals surface area contributed by atoms with Gasteiger partial charge < -0.3 is 10.5 Å². The summed E-state index contributed by atoms with van der Waals surface area (Å²) < 4.78 is 6.66. The van der Waals surface area contributed by atoms with Crippen molar-refractivity contribution in [1.82, 2.24) is 4.98 Å². The molecule has 0 radical (unpaired) electrons. The molecule has 17 heavy (non-hydrogen) atoms. The molecule has 0 amide bonds. The SMILES string of the molecule is NCc1cc(OCc2ccccn2)ccc1Br. The normalized spacial score (nSPS) is 10.2. The largest absolute Gasteiger partial charge is 0.487 e. The fourth-order valence-corrected chi connectivity index (χ4v) is 1.85. The molecule has 2 N–H and O–H groups in total. The zero-order valence-electron chi connectivity index (χ0n) is 9.27. The van der Waals surface area contributed by atoms with Crippen LogP contribution in [0.3, 0.4) is 0 Å². The van der Waals surface area contributed by atoms with Gasteiger partial charge in [-0.05, 0) is 35.9 Å². The second-order valence-corrected chi connectivity index (χ2v) is 4.42. The summed E-state index contributed by atoms with van der Waals surface area (Å²) in [6, 6.07) is 11.5. The maximum atomic E-state index is 5.65. The molecule has 0 saturated carbocycles. The lowest BCUT2D eigenvalue weighted by atomic mass is 10.2. The van der Waals surface area contributed by atoms with Gasteiger partial charge >= 0.3 is 0 Å². The predicted molar refractivity (Wildman–Crippen MR) is 70.6 cm³/mol. The van der Waals surface area contributed by atoms with Gasteiger partial charge in [0.15, 0.2) is 0 Å². The van der Waals surface area contributed by atoms with E-state index < -0.39 is 0 Å². The number of pyridine rings is 1. The van der Waals surface area contributed by atoms with E-state index in [1.54, 1.807) is 6.20 Å². The Morgan fingerprint density at radius 3 is 2.82 bits per heavy atom. The monoisotopic (exact) mass is 292 g/mol. The van der Waals surface area contributed by atoms with E-state index in [9.17, 15) is 0 Å². The molecule has 0 spiro atoms. The van der Waals surface area contributed by atoms with E-state index >= 15 is 0 Å². The number of aromatic nitrogens is 1. The van der Waals surface area contributed by atoms with Crippen LogP contribution >= 0.6 is 15.9 Å². The Balaban J connectivity index is 2.04. The Morgan fingerprint density at radius 2 is 2.12 bits per heavy atom. The molecule has 0 atom stereocenters. The molecule has 1 heterocycles. The first-order chi connectivity index (χ1) is 8.29. The molecule has 3 nitrogen and oxygen atoms in total. The zero-order chi connectivity index (χ0) is 12.1. The summed E-state index contributed by atoms with van der Waals surface area (Å²) in [5.74, 6) is 0.805. The number of halogens is 1. The zero-order valence-corrected chi connectivity index (χ0v) is 10.9. The summed E-state index contributed by atoms with van der Waals surface area (Å²) in [5, 5.41) is 0. The number of hydrogen-bond acceptors (Lipinski definition) is 3. The molecule has 2 rings (SSSR count). The fourth-order valence-electron chi connectivity index (χ4n) is 1.44. The number of ether oxygens (including phenoxy) is 1. The third kappa shape index (κ3) is 3.28. The predicted octanol–water partition coefficient (Wildman–Crippen LogP) is 2.88. The van der Waals surface area contributed by atoms with Crippen molar-refractivity contribution in [2.75, 3.05) is 0 Å². The fraction of sp³-hybridized carbons (Fsp3) is 0.154. The number of hydrogen-bond donors (Lipinski definition) is 1. The van der Waals surface area contributed by atoms with Gasteiger partial charge in [-0.15, -0.1) is 0 Å². The van der Waals surface area contributed by atoms with Crippen LogP contribution < -0.4 is 10.5 Å². The number of nitrogens with zero attached hydrogens (tertiary/aromatic N) is 1. The van der Waals surface area contributed by atoms with Crippen molar-refractivity contribution in [3.8, 4) is 5.75 Å². The van der Waals surface area contributed by atoms with Crippen LogP contribution in [0, 0.1) is 0 Å². The third-order valence-corrected chi connectivity index (χ3v) is 3.12. The van der Waals surface area contributed by atoms with Crippen molar-refractivity contribution in [2.24, 2.45) is 5.73 Å².